The predicted molar refractivity (Wildman–Crippen MR) is 121 cm³/mol. The Hall–Kier alpha value is -3.06. The fourth-order valence-corrected chi connectivity index (χ4v) is 5.11. The molecule has 7 nitrogen and oxygen atoms in total. The highest BCUT2D eigenvalue weighted by Crippen LogP contribution is 2.34. The average Bonchev–Trinajstić information content (AvgIpc) is 3.11. The minimum Gasteiger partial charge on any atom is -0.329 e. The second-order valence-electron chi connectivity index (χ2n) is 9.19. The SMILES string of the molecule is C=C1CCC(N2Cc3cc(C4CCN(Cc5cnc(C)nc5)CC4)ccc3C2=O)C(=O)N1. The first-order valence-electron chi connectivity index (χ1n) is 11.4. The molecule has 166 valence electrons. The fraction of sp³-hybridized carbons (Fsp3) is 0.440. The summed E-state index contributed by atoms with van der Waals surface area (Å²) in [6.45, 7) is 9.20. The van der Waals surface area contributed by atoms with Crippen LogP contribution in [-0.4, -0.2) is 50.7 Å². The van der Waals surface area contributed by atoms with Gasteiger partial charge in [-0.1, -0.05) is 18.7 Å². The van der Waals surface area contributed by atoms with Crippen LogP contribution in [0.4, 0.5) is 0 Å². The Morgan fingerprint density at radius 3 is 2.59 bits per heavy atom. The van der Waals surface area contributed by atoms with Crippen LogP contribution in [0, 0.1) is 6.92 Å². The summed E-state index contributed by atoms with van der Waals surface area (Å²) in [5, 5.41) is 2.80. The topological polar surface area (TPSA) is 78.4 Å². The molecule has 0 aliphatic carbocycles. The molecular weight excluding hydrogens is 402 g/mol. The third-order valence-corrected chi connectivity index (χ3v) is 6.96. The fourth-order valence-electron chi connectivity index (χ4n) is 5.11. The van der Waals surface area contributed by atoms with Gasteiger partial charge >= 0.3 is 0 Å². The Morgan fingerprint density at radius 2 is 1.88 bits per heavy atom. The van der Waals surface area contributed by atoms with E-state index in [-0.39, 0.29) is 11.8 Å². The minimum absolute atomic E-state index is 0.0330. The molecule has 1 N–H and O–H groups in total. The summed E-state index contributed by atoms with van der Waals surface area (Å²) in [7, 11) is 0. The number of fused-ring (bicyclic) bond motifs is 1. The molecule has 3 aliphatic rings. The molecular formula is C25H29N5O2. The molecule has 1 aromatic heterocycles. The third kappa shape index (κ3) is 4.05. The van der Waals surface area contributed by atoms with Crippen molar-refractivity contribution in [3.05, 3.63) is 70.9 Å². The molecule has 3 aliphatic heterocycles. The average molecular weight is 432 g/mol. The smallest absolute Gasteiger partial charge is 0.255 e. The minimum atomic E-state index is -0.405. The number of carbonyl (C=O) groups is 2. The number of amides is 2. The van der Waals surface area contributed by atoms with E-state index < -0.39 is 6.04 Å². The Bertz CT molecular complexity index is 1060. The van der Waals surface area contributed by atoms with E-state index >= 15 is 0 Å². The van der Waals surface area contributed by atoms with E-state index in [1.54, 1.807) is 4.90 Å². The number of allylic oxidation sites excluding steroid dienone is 1. The molecule has 2 saturated heterocycles. The van der Waals surface area contributed by atoms with Crippen LogP contribution in [0.5, 0.6) is 0 Å². The molecule has 1 aromatic carbocycles. The lowest BCUT2D eigenvalue weighted by Crippen LogP contribution is -2.49. The molecule has 2 amide bonds. The van der Waals surface area contributed by atoms with Gasteiger partial charge in [0.25, 0.3) is 5.91 Å². The highest BCUT2D eigenvalue weighted by atomic mass is 16.2. The van der Waals surface area contributed by atoms with E-state index in [1.807, 2.05) is 25.4 Å². The zero-order valence-electron chi connectivity index (χ0n) is 18.5. The molecule has 0 saturated carbocycles. The summed E-state index contributed by atoms with van der Waals surface area (Å²) in [6.07, 6.45) is 7.38. The number of hydrogen-bond acceptors (Lipinski definition) is 5. The summed E-state index contributed by atoms with van der Waals surface area (Å²) in [5.41, 5.74) is 4.98. The zero-order chi connectivity index (χ0) is 22.2. The van der Waals surface area contributed by atoms with Crippen LogP contribution in [0.25, 0.3) is 0 Å². The first kappa shape index (κ1) is 20.8. The predicted octanol–water partition coefficient (Wildman–Crippen LogP) is 2.91. The van der Waals surface area contributed by atoms with E-state index in [1.165, 1.54) is 5.56 Å². The van der Waals surface area contributed by atoms with Crippen LogP contribution < -0.4 is 5.32 Å². The van der Waals surface area contributed by atoms with Gasteiger partial charge in [-0.05, 0) is 68.8 Å². The largest absolute Gasteiger partial charge is 0.329 e. The van der Waals surface area contributed by atoms with Crippen molar-refractivity contribution in [1.29, 1.82) is 0 Å². The molecule has 0 radical (unpaired) electrons. The molecule has 5 rings (SSSR count). The highest BCUT2D eigenvalue weighted by molar-refractivity contribution is 6.01. The molecule has 7 heteroatoms. The number of hydrogen-bond donors (Lipinski definition) is 1. The first-order valence-corrected chi connectivity index (χ1v) is 11.4. The van der Waals surface area contributed by atoms with Gasteiger partial charge in [-0.3, -0.25) is 14.5 Å². The van der Waals surface area contributed by atoms with Crippen molar-refractivity contribution < 1.29 is 9.59 Å². The van der Waals surface area contributed by atoms with Gasteiger partial charge in [0.2, 0.25) is 5.91 Å². The van der Waals surface area contributed by atoms with Crippen LogP contribution in [0.1, 0.15) is 64.5 Å². The van der Waals surface area contributed by atoms with Crippen LogP contribution >= 0.6 is 0 Å². The highest BCUT2D eigenvalue weighted by Gasteiger charge is 2.38. The number of piperidine rings is 2. The van der Waals surface area contributed by atoms with Gasteiger partial charge in [-0.25, -0.2) is 9.97 Å². The number of nitrogens with zero attached hydrogens (tertiary/aromatic N) is 4. The maximum Gasteiger partial charge on any atom is 0.255 e. The molecule has 1 atom stereocenters. The summed E-state index contributed by atoms with van der Waals surface area (Å²) in [6, 6.07) is 5.86. The standard InChI is InChI=1S/C25H29N5O2/c1-16-3-6-23(24(31)28-16)30-15-21-11-20(4-5-22(21)25(30)32)19-7-9-29(10-8-19)14-18-12-26-17(2)27-13-18/h4-5,11-13,19,23H,1,3,6-10,14-15H2,2H3,(H,28,31). The van der Waals surface area contributed by atoms with E-state index in [9.17, 15) is 9.59 Å². The summed E-state index contributed by atoms with van der Waals surface area (Å²) < 4.78 is 0. The normalized spacial score (nSPS) is 22.2. The van der Waals surface area contributed by atoms with Crippen LogP contribution in [-0.2, 0) is 17.9 Å². The number of aryl methyl sites for hydroxylation is 1. The summed E-state index contributed by atoms with van der Waals surface area (Å²) >= 11 is 0. The van der Waals surface area contributed by atoms with Crippen molar-refractivity contribution >= 4 is 11.8 Å². The lowest BCUT2D eigenvalue weighted by molar-refractivity contribution is -0.126. The molecule has 2 aromatic rings. The maximum absolute atomic E-state index is 13.0. The lowest BCUT2D eigenvalue weighted by Gasteiger charge is -2.32. The summed E-state index contributed by atoms with van der Waals surface area (Å²) in [5.74, 6) is 1.15. The lowest BCUT2D eigenvalue weighted by atomic mass is 9.88. The molecule has 32 heavy (non-hydrogen) atoms. The number of carbonyl (C=O) groups excluding carboxylic acids is 2. The summed E-state index contributed by atoms with van der Waals surface area (Å²) in [4.78, 5) is 38.1. The van der Waals surface area contributed by atoms with Gasteiger partial charge in [0.1, 0.15) is 11.9 Å². The number of aromatic nitrogens is 2. The molecule has 1 unspecified atom stereocenters. The van der Waals surface area contributed by atoms with Crippen molar-refractivity contribution in [3.63, 3.8) is 0 Å². The van der Waals surface area contributed by atoms with Gasteiger partial charge in [0.05, 0.1) is 0 Å². The second-order valence-corrected chi connectivity index (χ2v) is 9.19. The van der Waals surface area contributed by atoms with Crippen molar-refractivity contribution in [3.8, 4) is 0 Å². The maximum atomic E-state index is 13.0. The number of benzene rings is 1. The number of nitrogens with one attached hydrogen (secondary N) is 1. The quantitative estimate of drug-likeness (QED) is 0.805. The zero-order valence-corrected chi connectivity index (χ0v) is 18.5. The molecule has 0 spiro atoms. The van der Waals surface area contributed by atoms with Crippen molar-refractivity contribution in [2.24, 2.45) is 0 Å². The molecule has 2 fully saturated rings. The van der Waals surface area contributed by atoms with Crippen LogP contribution in [0.15, 0.2) is 42.9 Å². The van der Waals surface area contributed by atoms with Crippen molar-refractivity contribution in [2.75, 3.05) is 13.1 Å². The van der Waals surface area contributed by atoms with Crippen LogP contribution in [0.3, 0.4) is 0 Å². The van der Waals surface area contributed by atoms with Gasteiger partial charge in [-0.2, -0.15) is 0 Å². The van der Waals surface area contributed by atoms with Gasteiger partial charge in [-0.15, -0.1) is 0 Å². The van der Waals surface area contributed by atoms with E-state index in [2.05, 4.69) is 38.9 Å². The number of likely N-dealkylation sites (tertiary alicyclic amines) is 1. The Labute approximate surface area is 188 Å². The van der Waals surface area contributed by atoms with Gasteiger partial charge in [0, 0.05) is 42.3 Å². The van der Waals surface area contributed by atoms with Crippen molar-refractivity contribution in [2.45, 2.75) is 57.7 Å². The molecule has 4 heterocycles. The van der Waals surface area contributed by atoms with E-state index in [4.69, 9.17) is 0 Å². The first-order chi connectivity index (χ1) is 15.5. The third-order valence-electron chi connectivity index (χ3n) is 6.96. The second kappa shape index (κ2) is 8.47. The Kier molecular flexibility index (Phi) is 5.51. The van der Waals surface area contributed by atoms with Crippen LogP contribution in [0.2, 0.25) is 0 Å². The van der Waals surface area contributed by atoms with Gasteiger partial charge in [0.15, 0.2) is 0 Å². The van der Waals surface area contributed by atoms with Gasteiger partial charge < -0.3 is 10.2 Å². The Balaban J connectivity index is 1.22. The number of rotatable bonds is 4. The Morgan fingerprint density at radius 1 is 1.12 bits per heavy atom. The molecule has 0 bridgehead atoms. The monoisotopic (exact) mass is 431 g/mol. The van der Waals surface area contributed by atoms with E-state index in [0.717, 1.165) is 67.1 Å². The van der Waals surface area contributed by atoms with Crippen molar-refractivity contribution in [1.82, 2.24) is 25.1 Å². The van der Waals surface area contributed by atoms with E-state index in [0.29, 0.717) is 18.9 Å².